The van der Waals surface area contributed by atoms with Crippen LogP contribution in [-0.4, -0.2) is 10.4 Å². The third-order valence-corrected chi connectivity index (χ3v) is 4.76. The number of aromatic nitrogens is 1. The van der Waals surface area contributed by atoms with Gasteiger partial charge in [-0.2, -0.15) is 0 Å². The zero-order valence-electron chi connectivity index (χ0n) is 10.7. The quantitative estimate of drug-likeness (QED) is 0.827. The standard InChI is InChI=1S/C15H16BrNO/c1-9(18)6-11-7-12-4-3-5-17-10(2)14(16)13(8-11)15(12)17/h7-8H,3-6H2,1-2H3. The van der Waals surface area contributed by atoms with E-state index in [-0.39, 0.29) is 5.78 Å². The summed E-state index contributed by atoms with van der Waals surface area (Å²) in [5.74, 6) is 0.227. The molecule has 2 aromatic rings. The van der Waals surface area contributed by atoms with Crippen LogP contribution in [0, 0.1) is 6.92 Å². The van der Waals surface area contributed by atoms with Crippen LogP contribution in [0.4, 0.5) is 0 Å². The molecule has 18 heavy (non-hydrogen) atoms. The topological polar surface area (TPSA) is 22.0 Å². The van der Waals surface area contributed by atoms with E-state index < -0.39 is 0 Å². The van der Waals surface area contributed by atoms with Gasteiger partial charge >= 0.3 is 0 Å². The molecule has 1 aromatic carbocycles. The molecule has 0 bridgehead atoms. The lowest BCUT2D eigenvalue weighted by Crippen LogP contribution is -2.09. The molecule has 1 aliphatic heterocycles. The number of halogens is 1. The number of hydrogen-bond acceptors (Lipinski definition) is 1. The Bertz CT molecular complexity index is 654. The van der Waals surface area contributed by atoms with Crippen LogP contribution in [0.15, 0.2) is 16.6 Å². The number of ketones is 1. The van der Waals surface area contributed by atoms with Gasteiger partial charge in [-0.1, -0.05) is 6.07 Å². The van der Waals surface area contributed by atoms with Crippen molar-refractivity contribution >= 4 is 32.6 Å². The first-order valence-corrected chi connectivity index (χ1v) is 7.16. The summed E-state index contributed by atoms with van der Waals surface area (Å²) in [6.07, 6.45) is 2.85. The minimum atomic E-state index is 0.227. The first-order valence-electron chi connectivity index (χ1n) is 6.37. The Hall–Kier alpha value is -1.09. The molecule has 0 atom stereocenters. The van der Waals surface area contributed by atoms with Gasteiger partial charge in [-0.15, -0.1) is 0 Å². The number of Topliss-reactive ketones (excluding diaryl/α,β-unsaturated/α-hetero) is 1. The van der Waals surface area contributed by atoms with Crippen molar-refractivity contribution in [3.8, 4) is 0 Å². The van der Waals surface area contributed by atoms with Gasteiger partial charge in [0.15, 0.2) is 0 Å². The molecule has 3 rings (SSSR count). The fourth-order valence-electron chi connectivity index (χ4n) is 3.01. The smallest absolute Gasteiger partial charge is 0.134 e. The number of nitrogens with zero attached hydrogens (tertiary/aromatic N) is 1. The maximum Gasteiger partial charge on any atom is 0.134 e. The van der Waals surface area contributed by atoms with E-state index in [1.54, 1.807) is 6.92 Å². The summed E-state index contributed by atoms with van der Waals surface area (Å²) in [7, 11) is 0. The molecule has 0 saturated carbocycles. The number of carbonyl (C=O) groups excluding carboxylic acids is 1. The van der Waals surface area contributed by atoms with Gasteiger partial charge in [-0.05, 0) is 59.8 Å². The van der Waals surface area contributed by atoms with Crippen LogP contribution in [-0.2, 0) is 24.2 Å². The molecule has 0 spiro atoms. The molecule has 0 N–H and O–H groups in total. The lowest BCUT2D eigenvalue weighted by Gasteiger charge is -2.17. The predicted molar refractivity (Wildman–Crippen MR) is 77.1 cm³/mol. The van der Waals surface area contributed by atoms with E-state index in [0.717, 1.165) is 18.5 Å². The Labute approximate surface area is 115 Å². The van der Waals surface area contributed by atoms with Crippen molar-refractivity contribution in [2.45, 2.75) is 39.7 Å². The van der Waals surface area contributed by atoms with E-state index in [1.807, 2.05) is 0 Å². The van der Waals surface area contributed by atoms with Gasteiger partial charge in [0, 0.05) is 28.5 Å². The molecule has 0 radical (unpaired) electrons. The lowest BCUT2D eigenvalue weighted by atomic mass is 9.98. The van der Waals surface area contributed by atoms with Gasteiger partial charge in [0.2, 0.25) is 0 Å². The Morgan fingerprint density at radius 1 is 1.44 bits per heavy atom. The normalized spacial score (nSPS) is 14.2. The van der Waals surface area contributed by atoms with Crippen molar-refractivity contribution < 1.29 is 4.79 Å². The van der Waals surface area contributed by atoms with Crippen molar-refractivity contribution in [2.24, 2.45) is 0 Å². The summed E-state index contributed by atoms with van der Waals surface area (Å²) in [6.45, 7) is 4.91. The van der Waals surface area contributed by atoms with Crippen LogP contribution in [0.25, 0.3) is 10.9 Å². The van der Waals surface area contributed by atoms with Crippen LogP contribution in [0.3, 0.4) is 0 Å². The van der Waals surface area contributed by atoms with Gasteiger partial charge in [0.05, 0.1) is 5.52 Å². The Kier molecular flexibility index (Phi) is 2.81. The molecule has 3 heteroatoms. The molecule has 0 aliphatic carbocycles. The SMILES string of the molecule is CC(=O)Cc1cc2c3c(c1)c(Br)c(C)n3CCC2. The largest absolute Gasteiger partial charge is 0.343 e. The minimum Gasteiger partial charge on any atom is -0.343 e. The Morgan fingerprint density at radius 2 is 2.22 bits per heavy atom. The number of rotatable bonds is 2. The third kappa shape index (κ3) is 1.72. The van der Waals surface area contributed by atoms with E-state index in [2.05, 4.69) is 39.6 Å². The van der Waals surface area contributed by atoms with E-state index in [4.69, 9.17) is 0 Å². The molecule has 0 saturated heterocycles. The van der Waals surface area contributed by atoms with E-state index >= 15 is 0 Å². The zero-order valence-corrected chi connectivity index (χ0v) is 12.3. The second-order valence-corrected chi connectivity index (χ2v) is 5.98. The molecular weight excluding hydrogens is 290 g/mol. The first kappa shape index (κ1) is 12.0. The van der Waals surface area contributed by atoms with Crippen molar-refractivity contribution in [2.75, 3.05) is 0 Å². The summed E-state index contributed by atoms with van der Waals surface area (Å²) < 4.78 is 3.58. The van der Waals surface area contributed by atoms with E-state index in [9.17, 15) is 4.79 Å². The lowest BCUT2D eigenvalue weighted by molar-refractivity contribution is -0.116. The van der Waals surface area contributed by atoms with Crippen LogP contribution in [0.2, 0.25) is 0 Å². The highest BCUT2D eigenvalue weighted by Crippen LogP contribution is 2.36. The fourth-order valence-corrected chi connectivity index (χ4v) is 3.53. The van der Waals surface area contributed by atoms with Crippen LogP contribution >= 0.6 is 15.9 Å². The average molecular weight is 306 g/mol. The second kappa shape index (κ2) is 4.23. The van der Waals surface area contributed by atoms with Crippen molar-refractivity contribution in [1.82, 2.24) is 4.57 Å². The summed E-state index contributed by atoms with van der Waals surface area (Å²) in [5, 5.41) is 1.26. The summed E-state index contributed by atoms with van der Waals surface area (Å²) >= 11 is 3.70. The number of carbonyl (C=O) groups is 1. The van der Waals surface area contributed by atoms with Crippen molar-refractivity contribution in [3.63, 3.8) is 0 Å². The second-order valence-electron chi connectivity index (χ2n) is 5.18. The third-order valence-electron chi connectivity index (χ3n) is 3.76. The molecule has 2 nitrogen and oxygen atoms in total. The molecule has 1 aliphatic rings. The van der Waals surface area contributed by atoms with E-state index in [0.29, 0.717) is 6.42 Å². The molecule has 1 aromatic heterocycles. The number of aryl methyl sites for hydroxylation is 2. The molecular formula is C15H16BrNO. The highest BCUT2D eigenvalue weighted by molar-refractivity contribution is 9.10. The van der Waals surface area contributed by atoms with Crippen molar-refractivity contribution in [3.05, 3.63) is 33.4 Å². The van der Waals surface area contributed by atoms with Crippen LogP contribution in [0.1, 0.15) is 30.2 Å². The van der Waals surface area contributed by atoms with Gasteiger partial charge in [-0.3, -0.25) is 4.79 Å². The summed E-state index contributed by atoms with van der Waals surface area (Å²) in [6, 6.07) is 4.38. The van der Waals surface area contributed by atoms with E-state index in [1.165, 1.54) is 33.1 Å². The molecule has 2 heterocycles. The molecule has 0 unspecified atom stereocenters. The first-order chi connectivity index (χ1) is 8.58. The molecule has 0 amide bonds. The Balaban J connectivity index is 2.29. The number of benzene rings is 1. The van der Waals surface area contributed by atoms with Crippen LogP contribution < -0.4 is 0 Å². The average Bonchev–Trinajstić information content (AvgIpc) is 2.56. The zero-order chi connectivity index (χ0) is 12.9. The van der Waals surface area contributed by atoms with Crippen molar-refractivity contribution in [1.29, 1.82) is 0 Å². The minimum absolute atomic E-state index is 0.227. The Morgan fingerprint density at radius 3 is 2.94 bits per heavy atom. The van der Waals surface area contributed by atoms with Crippen LogP contribution in [0.5, 0.6) is 0 Å². The monoisotopic (exact) mass is 305 g/mol. The fraction of sp³-hybridized carbons (Fsp3) is 0.400. The molecule has 0 fully saturated rings. The molecule has 94 valence electrons. The van der Waals surface area contributed by atoms with Gasteiger partial charge in [0.1, 0.15) is 5.78 Å². The highest BCUT2D eigenvalue weighted by Gasteiger charge is 2.19. The van der Waals surface area contributed by atoms with Gasteiger partial charge < -0.3 is 4.57 Å². The highest BCUT2D eigenvalue weighted by atomic mass is 79.9. The number of hydrogen-bond donors (Lipinski definition) is 0. The summed E-state index contributed by atoms with van der Waals surface area (Å²) in [5.41, 5.74) is 5.19. The summed E-state index contributed by atoms with van der Waals surface area (Å²) in [4.78, 5) is 11.3. The van der Waals surface area contributed by atoms with Gasteiger partial charge in [-0.25, -0.2) is 0 Å². The van der Waals surface area contributed by atoms with Gasteiger partial charge in [0.25, 0.3) is 0 Å². The maximum atomic E-state index is 11.3. The predicted octanol–water partition coefficient (Wildman–Crippen LogP) is 3.79. The maximum absolute atomic E-state index is 11.3.